The average Bonchev–Trinajstić information content (AvgIpc) is 2.36. The van der Waals surface area contributed by atoms with Crippen LogP contribution in [0.25, 0.3) is 0 Å². The third kappa shape index (κ3) is 4.31. The fourth-order valence-electron chi connectivity index (χ4n) is 2.55. The highest BCUT2D eigenvalue weighted by molar-refractivity contribution is 5.89. The molecule has 1 rings (SSSR count). The van der Waals surface area contributed by atoms with Gasteiger partial charge in [-0.3, -0.25) is 4.79 Å². The summed E-state index contributed by atoms with van der Waals surface area (Å²) in [5.74, 6) is 0.340. The molecule has 0 radical (unpaired) electrons. The molecule has 18 heavy (non-hydrogen) atoms. The van der Waals surface area contributed by atoms with E-state index in [1.165, 1.54) is 6.42 Å². The summed E-state index contributed by atoms with van der Waals surface area (Å²) < 4.78 is 4.89. The van der Waals surface area contributed by atoms with Crippen molar-refractivity contribution < 1.29 is 14.3 Å². The zero-order valence-corrected chi connectivity index (χ0v) is 11.7. The van der Waals surface area contributed by atoms with Gasteiger partial charge in [-0.2, -0.15) is 0 Å². The largest absolute Gasteiger partial charge is 0.450 e. The van der Waals surface area contributed by atoms with Crippen LogP contribution in [0, 0.1) is 11.8 Å². The van der Waals surface area contributed by atoms with Crippen LogP contribution in [-0.4, -0.2) is 24.5 Å². The van der Waals surface area contributed by atoms with Gasteiger partial charge in [0, 0.05) is 5.92 Å². The number of amides is 1. The average molecular weight is 255 g/mol. The molecule has 0 saturated heterocycles. The molecular formula is C14H25NO3. The Labute approximate surface area is 109 Å². The van der Waals surface area contributed by atoms with Crippen molar-refractivity contribution in [2.45, 2.75) is 58.9 Å². The van der Waals surface area contributed by atoms with Crippen molar-refractivity contribution >= 4 is 11.9 Å². The molecule has 0 bridgehead atoms. The van der Waals surface area contributed by atoms with Crippen molar-refractivity contribution in [1.29, 1.82) is 0 Å². The molecule has 0 aromatic heterocycles. The Morgan fingerprint density at radius 1 is 1.22 bits per heavy atom. The van der Waals surface area contributed by atoms with Crippen molar-refractivity contribution in [3.8, 4) is 0 Å². The maximum absolute atomic E-state index is 12.2. The number of rotatable bonds is 5. The van der Waals surface area contributed by atoms with E-state index in [1.807, 2.05) is 13.8 Å². The van der Waals surface area contributed by atoms with Crippen LogP contribution < -0.4 is 5.32 Å². The molecule has 0 unspecified atom stereocenters. The maximum atomic E-state index is 12.2. The second kappa shape index (κ2) is 7.39. The summed E-state index contributed by atoms with van der Waals surface area (Å²) in [6, 6.07) is -0.371. The Morgan fingerprint density at radius 3 is 2.33 bits per heavy atom. The number of hydrogen-bond acceptors (Lipinski definition) is 3. The molecule has 4 nitrogen and oxygen atoms in total. The van der Waals surface area contributed by atoms with Crippen molar-refractivity contribution in [3.63, 3.8) is 0 Å². The van der Waals surface area contributed by atoms with Gasteiger partial charge in [-0.25, -0.2) is 4.79 Å². The lowest BCUT2D eigenvalue weighted by Gasteiger charge is -2.30. The van der Waals surface area contributed by atoms with Crippen LogP contribution in [0.1, 0.15) is 52.9 Å². The highest BCUT2D eigenvalue weighted by Crippen LogP contribution is 2.28. The number of carbonyl (C=O) groups excluding carboxylic acids is 2. The Kier molecular flexibility index (Phi) is 6.16. The van der Waals surface area contributed by atoms with Crippen LogP contribution in [0.4, 0.5) is 4.79 Å². The third-order valence-corrected chi connectivity index (χ3v) is 3.55. The molecule has 1 saturated carbocycles. The van der Waals surface area contributed by atoms with Gasteiger partial charge in [-0.15, -0.1) is 0 Å². The van der Waals surface area contributed by atoms with E-state index < -0.39 is 6.09 Å². The Hall–Kier alpha value is -1.06. The zero-order chi connectivity index (χ0) is 13.5. The Morgan fingerprint density at radius 2 is 1.83 bits per heavy atom. The summed E-state index contributed by atoms with van der Waals surface area (Å²) in [5, 5.41) is 2.76. The van der Waals surface area contributed by atoms with E-state index in [2.05, 4.69) is 5.32 Å². The van der Waals surface area contributed by atoms with E-state index in [4.69, 9.17) is 4.74 Å². The second-order valence-electron chi connectivity index (χ2n) is 5.30. The normalized spacial score (nSPS) is 18.4. The van der Waals surface area contributed by atoms with E-state index in [0.29, 0.717) is 6.61 Å². The van der Waals surface area contributed by atoms with Crippen molar-refractivity contribution in [1.82, 2.24) is 5.32 Å². The number of carbonyl (C=O) groups is 2. The monoisotopic (exact) mass is 255 g/mol. The first kappa shape index (κ1) is 15.0. The first-order valence-electron chi connectivity index (χ1n) is 7.03. The first-order valence-corrected chi connectivity index (χ1v) is 7.03. The molecule has 4 heteroatoms. The van der Waals surface area contributed by atoms with Crippen LogP contribution in [0.3, 0.4) is 0 Å². The molecule has 1 aliphatic rings. The number of alkyl carbamates (subject to hydrolysis) is 1. The lowest BCUT2D eigenvalue weighted by atomic mass is 9.80. The summed E-state index contributed by atoms with van der Waals surface area (Å²) in [6.45, 7) is 5.86. The fourth-order valence-corrected chi connectivity index (χ4v) is 2.55. The second-order valence-corrected chi connectivity index (χ2v) is 5.30. The van der Waals surface area contributed by atoms with Crippen molar-refractivity contribution in [2.24, 2.45) is 11.8 Å². The highest BCUT2D eigenvalue weighted by atomic mass is 16.5. The summed E-state index contributed by atoms with van der Waals surface area (Å²) in [7, 11) is 0. The van der Waals surface area contributed by atoms with Crippen LogP contribution in [0.15, 0.2) is 0 Å². The zero-order valence-electron chi connectivity index (χ0n) is 11.7. The molecule has 104 valence electrons. The number of Topliss-reactive ketones (excluding diaryl/α,β-unsaturated/α-hetero) is 1. The van der Waals surface area contributed by atoms with Gasteiger partial charge in [0.2, 0.25) is 0 Å². The predicted molar refractivity (Wildman–Crippen MR) is 70.4 cm³/mol. The third-order valence-electron chi connectivity index (χ3n) is 3.55. The first-order chi connectivity index (χ1) is 8.56. The van der Waals surface area contributed by atoms with Crippen LogP contribution in [0.5, 0.6) is 0 Å². The van der Waals surface area contributed by atoms with Gasteiger partial charge in [0.15, 0.2) is 5.78 Å². The van der Waals surface area contributed by atoms with Crippen molar-refractivity contribution in [3.05, 3.63) is 0 Å². The molecule has 1 amide bonds. The van der Waals surface area contributed by atoms with Gasteiger partial charge in [0.05, 0.1) is 12.6 Å². The maximum Gasteiger partial charge on any atom is 0.407 e. The molecule has 1 N–H and O–H groups in total. The van der Waals surface area contributed by atoms with E-state index in [0.717, 1.165) is 25.7 Å². The van der Waals surface area contributed by atoms with E-state index in [-0.39, 0.29) is 23.7 Å². The van der Waals surface area contributed by atoms with E-state index >= 15 is 0 Å². The lowest BCUT2D eigenvalue weighted by Crippen LogP contribution is -2.48. The Balaban J connectivity index is 2.67. The number of ketones is 1. The number of ether oxygens (including phenoxy) is 1. The summed E-state index contributed by atoms with van der Waals surface area (Å²) >= 11 is 0. The van der Waals surface area contributed by atoms with Crippen LogP contribution in [0.2, 0.25) is 0 Å². The molecular weight excluding hydrogens is 230 g/mol. The van der Waals surface area contributed by atoms with E-state index in [9.17, 15) is 9.59 Å². The van der Waals surface area contributed by atoms with Crippen LogP contribution >= 0.6 is 0 Å². The van der Waals surface area contributed by atoms with Gasteiger partial charge < -0.3 is 10.1 Å². The van der Waals surface area contributed by atoms with Gasteiger partial charge in [-0.1, -0.05) is 33.1 Å². The molecule has 1 atom stereocenters. The van der Waals surface area contributed by atoms with Gasteiger partial charge >= 0.3 is 6.09 Å². The molecule has 0 aromatic rings. The topological polar surface area (TPSA) is 55.4 Å². The minimum Gasteiger partial charge on any atom is -0.450 e. The predicted octanol–water partition coefficient (Wildman–Crippen LogP) is 2.91. The smallest absolute Gasteiger partial charge is 0.407 e. The minimum absolute atomic E-state index is 0.0566. The van der Waals surface area contributed by atoms with Gasteiger partial charge in [0.25, 0.3) is 0 Å². The fraction of sp³-hybridized carbons (Fsp3) is 0.857. The van der Waals surface area contributed by atoms with Gasteiger partial charge in [0.1, 0.15) is 0 Å². The number of nitrogens with one attached hydrogen (secondary N) is 1. The summed E-state index contributed by atoms with van der Waals surface area (Å²) in [6.07, 6.45) is 5.11. The molecule has 0 spiro atoms. The highest BCUT2D eigenvalue weighted by Gasteiger charge is 2.32. The molecule has 1 fully saturated rings. The van der Waals surface area contributed by atoms with Gasteiger partial charge in [-0.05, 0) is 25.7 Å². The van der Waals surface area contributed by atoms with E-state index in [1.54, 1.807) is 6.92 Å². The van der Waals surface area contributed by atoms with Crippen molar-refractivity contribution in [2.75, 3.05) is 6.61 Å². The molecule has 0 aromatic carbocycles. The number of hydrogen-bond donors (Lipinski definition) is 1. The summed E-state index contributed by atoms with van der Waals surface area (Å²) in [4.78, 5) is 23.7. The SMILES string of the molecule is CCOC(=O)N[C@H](C(=O)C(C)C)C1CCCCC1. The standard InChI is InChI=1S/C14H25NO3/c1-4-18-14(17)15-12(13(16)10(2)3)11-8-6-5-7-9-11/h10-12H,4-9H2,1-3H3,(H,15,17)/t12-/m0/s1. The minimum atomic E-state index is -0.470. The molecule has 0 heterocycles. The molecule has 1 aliphatic carbocycles. The quantitative estimate of drug-likeness (QED) is 0.821. The Bertz CT molecular complexity index is 283. The molecule has 0 aliphatic heterocycles. The lowest BCUT2D eigenvalue weighted by molar-refractivity contribution is -0.125. The summed E-state index contributed by atoms with van der Waals surface area (Å²) in [5.41, 5.74) is 0. The van der Waals surface area contributed by atoms with Crippen LogP contribution in [-0.2, 0) is 9.53 Å².